The standard InChI is InChI=1S/C12H18N2O/c1-10(2)12(13)14-8-9-15-11-6-4-3-5-7-11/h3-7,10H,8-9H2,1-2H3,(H2,13,14). The molecule has 1 aromatic rings. The summed E-state index contributed by atoms with van der Waals surface area (Å²) in [5.41, 5.74) is 5.69. The van der Waals surface area contributed by atoms with E-state index in [0.29, 0.717) is 24.9 Å². The van der Waals surface area contributed by atoms with Gasteiger partial charge in [-0.2, -0.15) is 0 Å². The lowest BCUT2D eigenvalue weighted by atomic mass is 10.2. The Morgan fingerprint density at radius 1 is 1.33 bits per heavy atom. The summed E-state index contributed by atoms with van der Waals surface area (Å²) >= 11 is 0. The molecule has 0 amide bonds. The largest absolute Gasteiger partial charge is 0.492 e. The van der Waals surface area contributed by atoms with Crippen LogP contribution in [0, 0.1) is 5.92 Å². The summed E-state index contributed by atoms with van der Waals surface area (Å²) in [7, 11) is 0. The molecule has 15 heavy (non-hydrogen) atoms. The summed E-state index contributed by atoms with van der Waals surface area (Å²) < 4.78 is 5.47. The average Bonchev–Trinajstić information content (AvgIpc) is 2.25. The Hall–Kier alpha value is -1.51. The van der Waals surface area contributed by atoms with Gasteiger partial charge in [-0.3, -0.25) is 4.99 Å². The van der Waals surface area contributed by atoms with Crippen LogP contribution in [0.2, 0.25) is 0 Å². The fourth-order valence-corrected chi connectivity index (χ4v) is 1.04. The maximum Gasteiger partial charge on any atom is 0.119 e. The van der Waals surface area contributed by atoms with Crippen molar-refractivity contribution in [1.29, 1.82) is 0 Å². The molecule has 0 saturated heterocycles. The Labute approximate surface area is 91.0 Å². The van der Waals surface area contributed by atoms with E-state index in [1.165, 1.54) is 0 Å². The van der Waals surface area contributed by atoms with Gasteiger partial charge >= 0.3 is 0 Å². The van der Waals surface area contributed by atoms with E-state index in [2.05, 4.69) is 4.99 Å². The summed E-state index contributed by atoms with van der Waals surface area (Å²) in [6.45, 7) is 5.23. The molecule has 2 N–H and O–H groups in total. The first kappa shape index (κ1) is 11.6. The number of hydrogen-bond acceptors (Lipinski definition) is 2. The molecule has 82 valence electrons. The molecule has 0 saturated carbocycles. The van der Waals surface area contributed by atoms with E-state index in [0.717, 1.165) is 5.75 Å². The highest BCUT2D eigenvalue weighted by molar-refractivity contribution is 5.82. The fraction of sp³-hybridized carbons (Fsp3) is 0.417. The van der Waals surface area contributed by atoms with Crippen molar-refractivity contribution >= 4 is 5.84 Å². The molecule has 1 aromatic carbocycles. The highest BCUT2D eigenvalue weighted by Gasteiger charge is 1.97. The van der Waals surface area contributed by atoms with Gasteiger partial charge in [-0.05, 0) is 12.1 Å². The molecule has 3 heteroatoms. The lowest BCUT2D eigenvalue weighted by Crippen LogP contribution is -2.20. The van der Waals surface area contributed by atoms with Crippen molar-refractivity contribution in [3.8, 4) is 5.75 Å². The molecule has 0 aromatic heterocycles. The maximum absolute atomic E-state index is 5.69. The SMILES string of the molecule is CC(C)C(N)=NCCOc1ccccc1. The van der Waals surface area contributed by atoms with Gasteiger partial charge < -0.3 is 10.5 Å². The Morgan fingerprint density at radius 2 is 2.00 bits per heavy atom. The second-order valence-electron chi connectivity index (χ2n) is 3.62. The van der Waals surface area contributed by atoms with Gasteiger partial charge in [0.15, 0.2) is 0 Å². The molecule has 1 rings (SSSR count). The van der Waals surface area contributed by atoms with Crippen LogP contribution in [0.4, 0.5) is 0 Å². The predicted octanol–water partition coefficient (Wildman–Crippen LogP) is 2.08. The predicted molar refractivity (Wildman–Crippen MR) is 63.3 cm³/mol. The first-order valence-corrected chi connectivity index (χ1v) is 5.18. The zero-order chi connectivity index (χ0) is 11.1. The molecule has 0 spiro atoms. The Bertz CT molecular complexity index is 307. The van der Waals surface area contributed by atoms with Gasteiger partial charge in [0.05, 0.1) is 12.4 Å². The van der Waals surface area contributed by atoms with Crippen LogP contribution in [0.1, 0.15) is 13.8 Å². The van der Waals surface area contributed by atoms with Gasteiger partial charge in [-0.1, -0.05) is 32.0 Å². The lowest BCUT2D eigenvalue weighted by Gasteiger charge is -2.05. The smallest absolute Gasteiger partial charge is 0.119 e. The quantitative estimate of drug-likeness (QED) is 0.455. The number of nitrogens with zero attached hydrogens (tertiary/aromatic N) is 1. The normalized spacial score (nSPS) is 11.8. The van der Waals surface area contributed by atoms with Gasteiger partial charge in [-0.15, -0.1) is 0 Å². The first-order chi connectivity index (χ1) is 7.20. The van der Waals surface area contributed by atoms with E-state index in [-0.39, 0.29) is 0 Å². The highest BCUT2D eigenvalue weighted by atomic mass is 16.5. The van der Waals surface area contributed by atoms with Crippen molar-refractivity contribution < 1.29 is 4.74 Å². The Morgan fingerprint density at radius 3 is 2.60 bits per heavy atom. The van der Waals surface area contributed by atoms with E-state index in [9.17, 15) is 0 Å². The van der Waals surface area contributed by atoms with Crippen molar-refractivity contribution in [3.63, 3.8) is 0 Å². The molecule has 0 atom stereocenters. The van der Waals surface area contributed by atoms with Crippen LogP contribution in [-0.4, -0.2) is 19.0 Å². The molecular formula is C12H18N2O. The van der Waals surface area contributed by atoms with E-state index in [1.807, 2.05) is 44.2 Å². The summed E-state index contributed by atoms with van der Waals surface area (Å²) in [5.74, 6) is 1.87. The van der Waals surface area contributed by atoms with Gasteiger partial charge in [-0.25, -0.2) is 0 Å². The van der Waals surface area contributed by atoms with Crippen LogP contribution < -0.4 is 10.5 Å². The summed E-state index contributed by atoms with van der Waals surface area (Å²) in [4.78, 5) is 4.21. The molecule has 3 nitrogen and oxygen atoms in total. The first-order valence-electron chi connectivity index (χ1n) is 5.18. The van der Waals surface area contributed by atoms with Crippen molar-refractivity contribution in [2.24, 2.45) is 16.6 Å². The second-order valence-corrected chi connectivity index (χ2v) is 3.62. The Kier molecular flexibility index (Phi) is 4.68. The molecule has 0 aliphatic heterocycles. The number of aliphatic imine (C=N–C) groups is 1. The zero-order valence-electron chi connectivity index (χ0n) is 9.31. The van der Waals surface area contributed by atoms with Gasteiger partial charge in [0, 0.05) is 5.92 Å². The van der Waals surface area contributed by atoms with Crippen LogP contribution in [0.25, 0.3) is 0 Å². The van der Waals surface area contributed by atoms with E-state index in [4.69, 9.17) is 10.5 Å². The minimum Gasteiger partial charge on any atom is -0.492 e. The number of para-hydroxylation sites is 1. The van der Waals surface area contributed by atoms with Crippen LogP contribution in [-0.2, 0) is 0 Å². The molecule has 0 heterocycles. The molecule has 0 radical (unpaired) electrons. The van der Waals surface area contributed by atoms with Crippen LogP contribution in [0.15, 0.2) is 35.3 Å². The third kappa shape index (κ3) is 4.49. The molecular weight excluding hydrogens is 188 g/mol. The van der Waals surface area contributed by atoms with Crippen LogP contribution >= 0.6 is 0 Å². The Balaban J connectivity index is 2.26. The highest BCUT2D eigenvalue weighted by Crippen LogP contribution is 2.07. The van der Waals surface area contributed by atoms with E-state index in [1.54, 1.807) is 0 Å². The fourth-order valence-electron chi connectivity index (χ4n) is 1.04. The minimum absolute atomic E-state index is 0.307. The monoisotopic (exact) mass is 206 g/mol. The lowest BCUT2D eigenvalue weighted by molar-refractivity contribution is 0.328. The topological polar surface area (TPSA) is 47.6 Å². The molecule has 0 bridgehead atoms. The van der Waals surface area contributed by atoms with Crippen molar-refractivity contribution in [2.75, 3.05) is 13.2 Å². The van der Waals surface area contributed by atoms with Gasteiger partial charge in [0.2, 0.25) is 0 Å². The molecule has 0 unspecified atom stereocenters. The van der Waals surface area contributed by atoms with Crippen LogP contribution in [0.3, 0.4) is 0 Å². The molecule has 0 aliphatic carbocycles. The zero-order valence-corrected chi connectivity index (χ0v) is 9.31. The van der Waals surface area contributed by atoms with Crippen LogP contribution in [0.5, 0.6) is 5.75 Å². The second kappa shape index (κ2) is 6.06. The summed E-state index contributed by atoms with van der Waals surface area (Å²) in [5, 5.41) is 0. The third-order valence-electron chi connectivity index (χ3n) is 1.99. The number of nitrogens with two attached hydrogens (primary N) is 1. The molecule has 0 aliphatic rings. The van der Waals surface area contributed by atoms with Crippen molar-refractivity contribution in [2.45, 2.75) is 13.8 Å². The summed E-state index contributed by atoms with van der Waals surface area (Å²) in [6.07, 6.45) is 0. The molecule has 0 fully saturated rings. The maximum atomic E-state index is 5.69. The number of hydrogen-bond donors (Lipinski definition) is 1. The van der Waals surface area contributed by atoms with Crippen molar-refractivity contribution in [1.82, 2.24) is 0 Å². The number of amidine groups is 1. The van der Waals surface area contributed by atoms with E-state index < -0.39 is 0 Å². The average molecular weight is 206 g/mol. The minimum atomic E-state index is 0.307. The van der Waals surface area contributed by atoms with Gasteiger partial charge in [0.25, 0.3) is 0 Å². The van der Waals surface area contributed by atoms with E-state index >= 15 is 0 Å². The number of ether oxygens (including phenoxy) is 1. The summed E-state index contributed by atoms with van der Waals surface area (Å²) in [6, 6.07) is 9.70. The number of benzene rings is 1. The van der Waals surface area contributed by atoms with Gasteiger partial charge in [0.1, 0.15) is 12.4 Å². The number of rotatable bonds is 5. The van der Waals surface area contributed by atoms with Crippen molar-refractivity contribution in [3.05, 3.63) is 30.3 Å². The third-order valence-corrected chi connectivity index (χ3v) is 1.99.